The molecule has 1 aliphatic heterocycles. The molecule has 0 atom stereocenters. The predicted octanol–water partition coefficient (Wildman–Crippen LogP) is 0.552. The van der Waals surface area contributed by atoms with Crippen LogP contribution in [0.4, 0.5) is 5.69 Å². The van der Waals surface area contributed by atoms with Gasteiger partial charge in [-0.1, -0.05) is 6.92 Å². The number of rotatable bonds is 2. The van der Waals surface area contributed by atoms with Gasteiger partial charge < -0.3 is 9.80 Å². The molecule has 72 valence electrons. The van der Waals surface area contributed by atoms with E-state index < -0.39 is 0 Å². The lowest BCUT2D eigenvalue weighted by atomic mass is 10.3. The summed E-state index contributed by atoms with van der Waals surface area (Å²) in [6, 6.07) is 0. The van der Waals surface area contributed by atoms with Gasteiger partial charge in [0.1, 0.15) is 0 Å². The van der Waals surface area contributed by atoms with Crippen LogP contribution < -0.4 is 4.90 Å². The Morgan fingerprint density at radius 1 is 1.38 bits per heavy atom. The predicted molar refractivity (Wildman–Crippen MR) is 52.9 cm³/mol. The Balaban J connectivity index is 1.92. The minimum Gasteiger partial charge on any atom is -0.366 e. The maximum absolute atomic E-state index is 3.96. The minimum absolute atomic E-state index is 1.12. The molecule has 0 radical (unpaired) electrons. The fourth-order valence-electron chi connectivity index (χ4n) is 1.74. The van der Waals surface area contributed by atoms with Crippen molar-refractivity contribution >= 4 is 5.69 Å². The van der Waals surface area contributed by atoms with Gasteiger partial charge >= 0.3 is 0 Å². The molecule has 2 heterocycles. The first kappa shape index (κ1) is 8.56. The van der Waals surface area contributed by atoms with Gasteiger partial charge in [0.2, 0.25) is 0 Å². The van der Waals surface area contributed by atoms with Gasteiger partial charge in [0.25, 0.3) is 0 Å². The fraction of sp³-hybridized carbons (Fsp3) is 0.667. The van der Waals surface area contributed by atoms with E-state index in [1.807, 2.05) is 12.4 Å². The van der Waals surface area contributed by atoms with Crippen molar-refractivity contribution in [1.29, 1.82) is 0 Å². The van der Waals surface area contributed by atoms with E-state index in [-0.39, 0.29) is 0 Å². The van der Waals surface area contributed by atoms with Crippen molar-refractivity contribution < 1.29 is 0 Å². The minimum atomic E-state index is 1.12. The number of nitrogens with zero attached hydrogens (tertiary/aromatic N) is 3. The normalized spacial score (nSPS) is 19.3. The summed E-state index contributed by atoms with van der Waals surface area (Å²) in [7, 11) is 0. The zero-order chi connectivity index (χ0) is 9.10. The molecule has 13 heavy (non-hydrogen) atoms. The van der Waals surface area contributed by atoms with E-state index >= 15 is 0 Å². The van der Waals surface area contributed by atoms with Gasteiger partial charge in [-0.15, -0.1) is 0 Å². The van der Waals surface area contributed by atoms with Crippen LogP contribution in [0, 0.1) is 0 Å². The summed E-state index contributed by atoms with van der Waals surface area (Å²) in [6.07, 6.45) is 3.85. The third kappa shape index (κ3) is 1.83. The maximum Gasteiger partial charge on any atom is 0.0750 e. The number of H-pyrrole nitrogens is 1. The lowest BCUT2D eigenvalue weighted by Gasteiger charge is -2.34. The van der Waals surface area contributed by atoms with Gasteiger partial charge in [0.15, 0.2) is 0 Å². The van der Waals surface area contributed by atoms with Crippen molar-refractivity contribution in [3.05, 3.63) is 12.4 Å². The van der Waals surface area contributed by atoms with Crippen LogP contribution in [-0.4, -0.2) is 47.8 Å². The van der Waals surface area contributed by atoms with E-state index in [1.54, 1.807) is 0 Å². The summed E-state index contributed by atoms with van der Waals surface area (Å²) < 4.78 is 0. The third-order valence-corrected chi connectivity index (χ3v) is 2.67. The number of piperazine rings is 1. The number of likely N-dealkylation sites (N-methyl/N-ethyl adjacent to an activating group) is 1. The average Bonchev–Trinajstić information content (AvgIpc) is 2.71. The van der Waals surface area contributed by atoms with Gasteiger partial charge in [-0.05, 0) is 6.54 Å². The second kappa shape index (κ2) is 3.79. The largest absolute Gasteiger partial charge is 0.366 e. The first-order valence-electron chi connectivity index (χ1n) is 4.86. The Kier molecular flexibility index (Phi) is 2.49. The highest BCUT2D eigenvalue weighted by Gasteiger charge is 2.15. The second-order valence-electron chi connectivity index (χ2n) is 3.38. The van der Waals surface area contributed by atoms with Crippen LogP contribution in [0.1, 0.15) is 6.92 Å². The summed E-state index contributed by atoms with van der Waals surface area (Å²) in [4.78, 5) is 4.84. The first-order valence-corrected chi connectivity index (χ1v) is 4.86. The summed E-state index contributed by atoms with van der Waals surface area (Å²) in [5, 5.41) is 6.80. The number of aromatic amines is 1. The van der Waals surface area contributed by atoms with Crippen molar-refractivity contribution in [2.75, 3.05) is 37.6 Å². The summed E-state index contributed by atoms with van der Waals surface area (Å²) >= 11 is 0. The third-order valence-electron chi connectivity index (χ3n) is 2.67. The van der Waals surface area contributed by atoms with E-state index in [2.05, 4.69) is 26.9 Å². The standard InChI is InChI=1S/C9H16N4/c1-2-12-3-5-13(6-4-12)9-7-10-11-8-9/h7-8H,2-6H2,1H3,(H,10,11). The molecule has 0 spiro atoms. The van der Waals surface area contributed by atoms with Crippen LogP contribution >= 0.6 is 0 Å². The van der Waals surface area contributed by atoms with Gasteiger partial charge in [-0.25, -0.2) is 0 Å². The van der Waals surface area contributed by atoms with Crippen molar-refractivity contribution in [1.82, 2.24) is 15.1 Å². The Bertz CT molecular complexity index is 236. The second-order valence-corrected chi connectivity index (χ2v) is 3.38. The topological polar surface area (TPSA) is 35.2 Å². The molecule has 1 aliphatic rings. The lowest BCUT2D eigenvalue weighted by Crippen LogP contribution is -2.46. The smallest absolute Gasteiger partial charge is 0.0750 e. The van der Waals surface area contributed by atoms with Crippen LogP contribution in [0.2, 0.25) is 0 Å². The highest BCUT2D eigenvalue weighted by Crippen LogP contribution is 2.13. The highest BCUT2D eigenvalue weighted by molar-refractivity contribution is 5.42. The average molecular weight is 180 g/mol. The van der Waals surface area contributed by atoms with Crippen molar-refractivity contribution in [2.45, 2.75) is 6.92 Å². The Hall–Kier alpha value is -1.03. The fourth-order valence-corrected chi connectivity index (χ4v) is 1.74. The Morgan fingerprint density at radius 3 is 2.69 bits per heavy atom. The molecule has 0 bridgehead atoms. The molecule has 4 heteroatoms. The molecule has 1 fully saturated rings. The van der Waals surface area contributed by atoms with E-state index in [1.165, 1.54) is 25.3 Å². The van der Waals surface area contributed by atoms with E-state index in [0.29, 0.717) is 0 Å². The molecule has 0 saturated carbocycles. The van der Waals surface area contributed by atoms with Gasteiger partial charge in [-0.2, -0.15) is 5.10 Å². The maximum atomic E-state index is 3.96. The Labute approximate surface area is 78.5 Å². The van der Waals surface area contributed by atoms with E-state index in [4.69, 9.17) is 0 Å². The van der Waals surface area contributed by atoms with Gasteiger partial charge in [0, 0.05) is 32.4 Å². The molecule has 1 aromatic rings. The van der Waals surface area contributed by atoms with Crippen LogP contribution in [0.25, 0.3) is 0 Å². The SMILES string of the molecule is CCN1CCN(c2cn[nH]c2)CC1. The molecule has 1 aromatic heterocycles. The first-order chi connectivity index (χ1) is 6.40. The number of hydrogen-bond donors (Lipinski definition) is 1. The number of aromatic nitrogens is 2. The summed E-state index contributed by atoms with van der Waals surface area (Å²) in [6.45, 7) is 7.96. The molecule has 1 saturated heterocycles. The van der Waals surface area contributed by atoms with E-state index in [0.717, 1.165) is 13.1 Å². The van der Waals surface area contributed by atoms with Crippen molar-refractivity contribution in [3.63, 3.8) is 0 Å². The number of nitrogens with one attached hydrogen (secondary N) is 1. The van der Waals surface area contributed by atoms with Crippen molar-refractivity contribution in [2.24, 2.45) is 0 Å². The molecule has 0 aliphatic carbocycles. The highest BCUT2D eigenvalue weighted by atomic mass is 15.3. The zero-order valence-corrected chi connectivity index (χ0v) is 8.03. The Morgan fingerprint density at radius 2 is 2.15 bits per heavy atom. The van der Waals surface area contributed by atoms with Crippen molar-refractivity contribution in [3.8, 4) is 0 Å². The quantitative estimate of drug-likeness (QED) is 0.722. The van der Waals surface area contributed by atoms with Gasteiger partial charge in [0.05, 0.1) is 11.9 Å². The van der Waals surface area contributed by atoms with Crippen LogP contribution in [0.15, 0.2) is 12.4 Å². The molecular weight excluding hydrogens is 164 g/mol. The van der Waals surface area contributed by atoms with Crippen LogP contribution in [0.5, 0.6) is 0 Å². The van der Waals surface area contributed by atoms with Crippen LogP contribution in [-0.2, 0) is 0 Å². The molecule has 0 aromatic carbocycles. The number of anilines is 1. The molecule has 2 rings (SSSR count). The molecular formula is C9H16N4. The summed E-state index contributed by atoms with van der Waals surface area (Å²) in [5.74, 6) is 0. The molecule has 0 amide bonds. The molecule has 0 unspecified atom stereocenters. The zero-order valence-electron chi connectivity index (χ0n) is 8.03. The molecule has 4 nitrogen and oxygen atoms in total. The monoisotopic (exact) mass is 180 g/mol. The summed E-state index contributed by atoms with van der Waals surface area (Å²) in [5.41, 5.74) is 1.22. The van der Waals surface area contributed by atoms with Gasteiger partial charge in [-0.3, -0.25) is 5.10 Å². The number of hydrogen-bond acceptors (Lipinski definition) is 3. The van der Waals surface area contributed by atoms with Crippen LogP contribution in [0.3, 0.4) is 0 Å². The lowest BCUT2D eigenvalue weighted by molar-refractivity contribution is 0.271. The van der Waals surface area contributed by atoms with E-state index in [9.17, 15) is 0 Å². The molecule has 1 N–H and O–H groups in total.